The molecule has 1 aromatic rings. The quantitative estimate of drug-likeness (QED) is 0.706. The van der Waals surface area contributed by atoms with Gasteiger partial charge in [-0.2, -0.15) is 0 Å². The molecule has 20 heavy (non-hydrogen) atoms. The fraction of sp³-hybridized carbons (Fsp3) is 0.625. The van der Waals surface area contributed by atoms with Gasteiger partial charge in [0, 0.05) is 30.8 Å². The van der Waals surface area contributed by atoms with Crippen LogP contribution in [-0.2, 0) is 6.54 Å². The number of halogens is 1. The van der Waals surface area contributed by atoms with Crippen molar-refractivity contribution in [1.29, 1.82) is 0 Å². The molecule has 4 heteroatoms. The number of hydrogen-bond acceptors (Lipinski definition) is 3. The molecule has 0 aliphatic carbocycles. The highest BCUT2D eigenvalue weighted by molar-refractivity contribution is 6.30. The van der Waals surface area contributed by atoms with Crippen LogP contribution in [0.1, 0.15) is 25.3 Å². The molecule has 0 heterocycles. The minimum atomic E-state index is 0.804. The summed E-state index contributed by atoms with van der Waals surface area (Å²) in [7, 11) is 6.36. The molecule has 0 saturated heterocycles. The van der Waals surface area contributed by atoms with Gasteiger partial charge in [-0.05, 0) is 57.7 Å². The number of benzene rings is 1. The average molecular weight is 298 g/mol. The Labute approximate surface area is 128 Å². The summed E-state index contributed by atoms with van der Waals surface area (Å²) in [5.41, 5.74) is 2.55. The van der Waals surface area contributed by atoms with Gasteiger partial charge in [-0.3, -0.25) is 0 Å². The van der Waals surface area contributed by atoms with Crippen molar-refractivity contribution in [2.45, 2.75) is 26.3 Å². The Kier molecular flexibility index (Phi) is 7.97. The second-order valence-electron chi connectivity index (χ2n) is 5.53. The standard InChI is InChI=1S/C16H28ClN3/c1-5-9-18-13-14-7-8-15(17)12-16(14)20(4)11-6-10-19(2)3/h7-8,12,18H,5-6,9-11,13H2,1-4H3. The van der Waals surface area contributed by atoms with Gasteiger partial charge in [-0.15, -0.1) is 0 Å². The first-order chi connectivity index (χ1) is 9.54. The number of rotatable bonds is 9. The smallest absolute Gasteiger partial charge is 0.0426 e. The molecular formula is C16H28ClN3. The Hall–Kier alpha value is -0.770. The van der Waals surface area contributed by atoms with Gasteiger partial charge >= 0.3 is 0 Å². The van der Waals surface area contributed by atoms with Crippen molar-refractivity contribution in [3.63, 3.8) is 0 Å². The molecule has 3 nitrogen and oxygen atoms in total. The number of nitrogens with one attached hydrogen (secondary N) is 1. The molecule has 1 rings (SSSR count). The molecule has 114 valence electrons. The second kappa shape index (κ2) is 9.22. The summed E-state index contributed by atoms with van der Waals surface area (Å²) >= 11 is 6.15. The number of anilines is 1. The maximum absolute atomic E-state index is 6.15. The van der Waals surface area contributed by atoms with E-state index in [2.05, 4.69) is 55.3 Å². The topological polar surface area (TPSA) is 18.5 Å². The van der Waals surface area contributed by atoms with E-state index in [1.807, 2.05) is 6.07 Å². The molecule has 0 fully saturated rings. The van der Waals surface area contributed by atoms with Gasteiger partial charge in [0.15, 0.2) is 0 Å². The zero-order chi connectivity index (χ0) is 15.0. The number of hydrogen-bond donors (Lipinski definition) is 1. The van der Waals surface area contributed by atoms with Crippen LogP contribution in [0, 0.1) is 0 Å². The Morgan fingerprint density at radius 3 is 2.55 bits per heavy atom. The van der Waals surface area contributed by atoms with Gasteiger partial charge in [0.05, 0.1) is 0 Å². The van der Waals surface area contributed by atoms with E-state index in [9.17, 15) is 0 Å². The van der Waals surface area contributed by atoms with E-state index in [4.69, 9.17) is 11.6 Å². The molecule has 0 bridgehead atoms. The molecule has 0 saturated carbocycles. The normalized spacial score (nSPS) is 11.1. The van der Waals surface area contributed by atoms with Gasteiger partial charge in [0.2, 0.25) is 0 Å². The third kappa shape index (κ3) is 6.12. The number of nitrogens with zero attached hydrogens (tertiary/aromatic N) is 2. The molecule has 0 atom stereocenters. The zero-order valence-corrected chi connectivity index (χ0v) is 14.0. The van der Waals surface area contributed by atoms with E-state index >= 15 is 0 Å². The Balaban J connectivity index is 2.66. The van der Waals surface area contributed by atoms with Crippen molar-refractivity contribution in [2.75, 3.05) is 45.7 Å². The van der Waals surface area contributed by atoms with E-state index in [0.29, 0.717) is 0 Å². The van der Waals surface area contributed by atoms with Crippen molar-refractivity contribution in [2.24, 2.45) is 0 Å². The van der Waals surface area contributed by atoms with Crippen LogP contribution in [-0.4, -0.2) is 45.7 Å². The van der Waals surface area contributed by atoms with Gasteiger partial charge in [0.25, 0.3) is 0 Å². The molecule has 0 aliphatic heterocycles. The fourth-order valence-electron chi connectivity index (χ4n) is 2.19. The fourth-order valence-corrected chi connectivity index (χ4v) is 2.35. The summed E-state index contributed by atoms with van der Waals surface area (Å²) in [5, 5.41) is 4.27. The lowest BCUT2D eigenvalue weighted by atomic mass is 10.1. The largest absolute Gasteiger partial charge is 0.374 e. The van der Waals surface area contributed by atoms with E-state index in [-0.39, 0.29) is 0 Å². The summed E-state index contributed by atoms with van der Waals surface area (Å²) in [5.74, 6) is 0. The summed E-state index contributed by atoms with van der Waals surface area (Å²) in [6.07, 6.45) is 2.30. The molecule has 0 amide bonds. The first kappa shape index (κ1) is 17.3. The van der Waals surface area contributed by atoms with Crippen LogP contribution in [0.2, 0.25) is 5.02 Å². The van der Waals surface area contributed by atoms with Gasteiger partial charge < -0.3 is 15.1 Å². The Bertz CT molecular complexity index is 393. The highest BCUT2D eigenvalue weighted by Crippen LogP contribution is 2.24. The van der Waals surface area contributed by atoms with Crippen LogP contribution >= 0.6 is 11.6 Å². The first-order valence-corrected chi connectivity index (χ1v) is 7.77. The second-order valence-corrected chi connectivity index (χ2v) is 5.96. The van der Waals surface area contributed by atoms with Crippen LogP contribution in [0.4, 0.5) is 5.69 Å². The SMILES string of the molecule is CCCNCc1ccc(Cl)cc1N(C)CCCN(C)C. The summed E-state index contributed by atoms with van der Waals surface area (Å²) < 4.78 is 0. The summed E-state index contributed by atoms with van der Waals surface area (Å²) in [6.45, 7) is 6.28. The lowest BCUT2D eigenvalue weighted by Crippen LogP contribution is -2.25. The molecule has 0 radical (unpaired) electrons. The van der Waals surface area contributed by atoms with Crippen molar-refractivity contribution >= 4 is 17.3 Å². The molecule has 0 unspecified atom stereocenters. The van der Waals surface area contributed by atoms with Crippen LogP contribution < -0.4 is 10.2 Å². The van der Waals surface area contributed by atoms with E-state index in [1.165, 1.54) is 11.3 Å². The minimum Gasteiger partial charge on any atom is -0.374 e. The van der Waals surface area contributed by atoms with Crippen molar-refractivity contribution < 1.29 is 0 Å². The van der Waals surface area contributed by atoms with Crippen LogP contribution in [0.5, 0.6) is 0 Å². The summed E-state index contributed by atoms with van der Waals surface area (Å²) in [4.78, 5) is 4.52. The Morgan fingerprint density at radius 1 is 1.15 bits per heavy atom. The highest BCUT2D eigenvalue weighted by Gasteiger charge is 2.08. The van der Waals surface area contributed by atoms with Gasteiger partial charge in [-0.1, -0.05) is 24.6 Å². The van der Waals surface area contributed by atoms with Gasteiger partial charge in [-0.25, -0.2) is 0 Å². The van der Waals surface area contributed by atoms with E-state index in [1.54, 1.807) is 0 Å². The van der Waals surface area contributed by atoms with Gasteiger partial charge in [0.1, 0.15) is 0 Å². The molecule has 1 aromatic carbocycles. The maximum Gasteiger partial charge on any atom is 0.0426 e. The third-order valence-electron chi connectivity index (χ3n) is 3.30. The zero-order valence-electron chi connectivity index (χ0n) is 13.2. The average Bonchev–Trinajstić information content (AvgIpc) is 2.40. The highest BCUT2D eigenvalue weighted by atomic mass is 35.5. The molecule has 0 aliphatic rings. The molecule has 1 N–H and O–H groups in total. The lowest BCUT2D eigenvalue weighted by molar-refractivity contribution is 0.401. The lowest BCUT2D eigenvalue weighted by Gasteiger charge is -2.24. The predicted molar refractivity (Wildman–Crippen MR) is 89.9 cm³/mol. The van der Waals surface area contributed by atoms with Crippen molar-refractivity contribution in [1.82, 2.24) is 10.2 Å². The van der Waals surface area contributed by atoms with Crippen LogP contribution in [0.25, 0.3) is 0 Å². The third-order valence-corrected chi connectivity index (χ3v) is 3.53. The predicted octanol–water partition coefficient (Wildman–Crippen LogP) is 3.23. The first-order valence-electron chi connectivity index (χ1n) is 7.39. The van der Waals surface area contributed by atoms with Crippen molar-refractivity contribution in [3.8, 4) is 0 Å². The summed E-state index contributed by atoms with van der Waals surface area (Å²) in [6, 6.07) is 6.17. The monoisotopic (exact) mass is 297 g/mol. The van der Waals surface area contributed by atoms with Crippen LogP contribution in [0.3, 0.4) is 0 Å². The van der Waals surface area contributed by atoms with Crippen molar-refractivity contribution in [3.05, 3.63) is 28.8 Å². The van der Waals surface area contributed by atoms with E-state index < -0.39 is 0 Å². The maximum atomic E-state index is 6.15. The van der Waals surface area contributed by atoms with Crippen LogP contribution in [0.15, 0.2) is 18.2 Å². The molecular weight excluding hydrogens is 270 g/mol. The Morgan fingerprint density at radius 2 is 1.90 bits per heavy atom. The minimum absolute atomic E-state index is 0.804. The molecule has 0 spiro atoms. The molecule has 0 aromatic heterocycles. The van der Waals surface area contributed by atoms with E-state index in [0.717, 1.165) is 44.0 Å².